The maximum Gasteiger partial charge on any atom is 0.332 e. The smallest absolute Gasteiger partial charge is 0.332 e. The first-order valence-electron chi connectivity index (χ1n) is 9.70. The van der Waals surface area contributed by atoms with E-state index in [0.29, 0.717) is 23.6 Å². The number of hydrogen-bond donors (Lipinski definition) is 2. The van der Waals surface area contributed by atoms with Crippen LogP contribution in [0.25, 0.3) is 0 Å². The van der Waals surface area contributed by atoms with E-state index in [1.54, 1.807) is 24.7 Å². The highest BCUT2D eigenvalue weighted by atomic mass is 16.5. The summed E-state index contributed by atoms with van der Waals surface area (Å²) in [4.78, 5) is 28.8. The molecule has 1 aromatic carbocycles. The molecule has 0 unspecified atom stereocenters. The lowest BCUT2D eigenvalue weighted by atomic mass is 10.0. The minimum atomic E-state index is -1.12. The maximum atomic E-state index is 13.2. The highest BCUT2D eigenvalue weighted by molar-refractivity contribution is 6.22. The van der Waals surface area contributed by atoms with Gasteiger partial charge in [0, 0.05) is 24.4 Å². The second kappa shape index (κ2) is 7.15. The third-order valence-electron chi connectivity index (χ3n) is 5.51. The number of aromatic hydroxyl groups is 2. The van der Waals surface area contributed by atoms with Gasteiger partial charge in [-0.2, -0.15) is 5.10 Å². The number of imide groups is 1. The number of anilines is 1. The van der Waals surface area contributed by atoms with Crippen LogP contribution < -0.4 is 4.90 Å². The van der Waals surface area contributed by atoms with Crippen LogP contribution >= 0.6 is 0 Å². The van der Waals surface area contributed by atoms with Crippen molar-refractivity contribution in [3.8, 4) is 11.5 Å². The van der Waals surface area contributed by atoms with E-state index < -0.39 is 17.5 Å². The number of carbonyl (C=O) groups excluding carboxylic acids is 2. The molecular weight excluding hydrogens is 402 g/mol. The van der Waals surface area contributed by atoms with Crippen LogP contribution in [0.1, 0.15) is 36.4 Å². The third-order valence-corrected chi connectivity index (χ3v) is 5.51. The second-order valence-corrected chi connectivity index (χ2v) is 8.12. The van der Waals surface area contributed by atoms with Crippen molar-refractivity contribution in [2.24, 2.45) is 0 Å². The lowest BCUT2D eigenvalue weighted by Gasteiger charge is -2.27. The zero-order chi connectivity index (χ0) is 22.5. The Morgan fingerprint density at radius 3 is 2.35 bits per heavy atom. The minimum Gasteiger partial charge on any atom is -0.508 e. The third kappa shape index (κ3) is 3.49. The molecule has 0 radical (unpaired) electrons. The van der Waals surface area contributed by atoms with E-state index in [1.165, 1.54) is 29.3 Å². The van der Waals surface area contributed by atoms with Gasteiger partial charge in [-0.05, 0) is 45.4 Å². The van der Waals surface area contributed by atoms with Gasteiger partial charge in [-0.1, -0.05) is 5.16 Å². The molecule has 162 valence electrons. The number of rotatable bonds is 5. The first-order valence-corrected chi connectivity index (χ1v) is 9.70. The number of nitrogens with zero attached hydrogens (tertiary/aromatic N) is 5. The lowest BCUT2D eigenvalue weighted by Crippen LogP contribution is -2.43. The summed E-state index contributed by atoms with van der Waals surface area (Å²) in [5.41, 5.74) is 1.38. The Balaban J connectivity index is 1.60. The Morgan fingerprint density at radius 1 is 1.06 bits per heavy atom. The average molecular weight is 425 g/mol. The fourth-order valence-corrected chi connectivity index (χ4v) is 3.70. The predicted molar refractivity (Wildman–Crippen MR) is 110 cm³/mol. The van der Waals surface area contributed by atoms with Gasteiger partial charge < -0.3 is 19.6 Å². The van der Waals surface area contributed by atoms with Gasteiger partial charge in [-0.15, -0.1) is 0 Å². The predicted octanol–water partition coefficient (Wildman–Crippen LogP) is 2.69. The topological polar surface area (TPSA) is 125 Å². The minimum absolute atomic E-state index is 0.0449. The van der Waals surface area contributed by atoms with Gasteiger partial charge >= 0.3 is 6.03 Å². The summed E-state index contributed by atoms with van der Waals surface area (Å²) in [5.74, 6) is 0.0507. The van der Waals surface area contributed by atoms with Gasteiger partial charge in [0.15, 0.2) is 0 Å². The highest BCUT2D eigenvalue weighted by Gasteiger charge is 2.52. The molecule has 2 aromatic heterocycles. The zero-order valence-electron chi connectivity index (χ0n) is 17.7. The van der Waals surface area contributed by atoms with Crippen molar-refractivity contribution in [3.05, 3.63) is 53.2 Å². The van der Waals surface area contributed by atoms with E-state index in [0.717, 1.165) is 16.2 Å². The SMILES string of the molecule is Cc1noc(C)c1Cn1cc(N2C(=O)N(Cc3cc(O)cc(O)c3)C(C)(C)C2=O)cn1. The van der Waals surface area contributed by atoms with Crippen LogP contribution in [-0.4, -0.2) is 47.5 Å². The Hall–Kier alpha value is -3.82. The molecule has 10 heteroatoms. The number of phenolic OH excluding ortho intramolecular Hbond substituents is 2. The molecule has 3 amide bonds. The summed E-state index contributed by atoms with van der Waals surface area (Å²) in [6.45, 7) is 7.40. The largest absolute Gasteiger partial charge is 0.508 e. The number of carbonyl (C=O) groups is 2. The van der Waals surface area contributed by atoms with Crippen molar-refractivity contribution in [2.45, 2.75) is 46.3 Å². The van der Waals surface area contributed by atoms with Crippen LogP contribution in [0.15, 0.2) is 35.1 Å². The lowest BCUT2D eigenvalue weighted by molar-refractivity contribution is -0.123. The molecule has 31 heavy (non-hydrogen) atoms. The van der Waals surface area contributed by atoms with Crippen LogP contribution in [0, 0.1) is 13.8 Å². The number of aryl methyl sites for hydroxylation is 2. The number of phenols is 2. The van der Waals surface area contributed by atoms with Crippen molar-refractivity contribution in [1.82, 2.24) is 19.8 Å². The molecule has 1 aliphatic heterocycles. The van der Waals surface area contributed by atoms with Crippen molar-refractivity contribution in [1.29, 1.82) is 0 Å². The highest BCUT2D eigenvalue weighted by Crippen LogP contribution is 2.34. The van der Waals surface area contributed by atoms with Crippen molar-refractivity contribution in [2.75, 3.05) is 4.90 Å². The molecule has 3 aromatic rings. The summed E-state index contributed by atoms with van der Waals surface area (Å²) >= 11 is 0. The first-order chi connectivity index (χ1) is 14.6. The van der Waals surface area contributed by atoms with E-state index in [9.17, 15) is 19.8 Å². The van der Waals surface area contributed by atoms with Gasteiger partial charge in [0.25, 0.3) is 5.91 Å². The Morgan fingerprint density at radius 2 is 1.74 bits per heavy atom. The molecule has 0 spiro atoms. The number of amides is 3. The summed E-state index contributed by atoms with van der Waals surface area (Å²) in [6.07, 6.45) is 3.09. The van der Waals surface area contributed by atoms with E-state index >= 15 is 0 Å². The van der Waals surface area contributed by atoms with E-state index in [1.807, 2.05) is 13.8 Å². The molecule has 1 fully saturated rings. The van der Waals surface area contributed by atoms with Crippen molar-refractivity contribution < 1.29 is 24.3 Å². The molecular formula is C21H23N5O5. The Kier molecular flexibility index (Phi) is 4.72. The fourth-order valence-electron chi connectivity index (χ4n) is 3.70. The fraction of sp³-hybridized carbons (Fsp3) is 0.333. The van der Waals surface area contributed by atoms with Crippen LogP contribution in [0.4, 0.5) is 10.5 Å². The Bertz CT molecular complexity index is 1140. The number of benzene rings is 1. The van der Waals surface area contributed by atoms with Crippen LogP contribution in [-0.2, 0) is 17.9 Å². The second-order valence-electron chi connectivity index (χ2n) is 8.12. The van der Waals surface area contributed by atoms with Crippen molar-refractivity contribution in [3.63, 3.8) is 0 Å². The quantitative estimate of drug-likeness (QED) is 0.602. The van der Waals surface area contributed by atoms with Crippen LogP contribution in [0.5, 0.6) is 11.5 Å². The monoisotopic (exact) mass is 425 g/mol. The van der Waals surface area contributed by atoms with Gasteiger partial charge in [-0.3, -0.25) is 9.48 Å². The van der Waals surface area contributed by atoms with Gasteiger partial charge in [0.1, 0.15) is 22.8 Å². The number of urea groups is 1. The maximum absolute atomic E-state index is 13.2. The van der Waals surface area contributed by atoms with Crippen molar-refractivity contribution >= 4 is 17.6 Å². The standard InChI is InChI=1S/C21H23N5O5/c1-12-18(13(2)31-23-12)11-24-10-15(8-22-24)26-19(29)21(3,4)25(20(26)30)9-14-5-16(27)7-17(28)6-14/h5-8,10,27-28H,9,11H2,1-4H3. The Labute approximate surface area is 178 Å². The molecule has 3 heterocycles. The van der Waals surface area contributed by atoms with E-state index in [-0.39, 0.29) is 18.0 Å². The van der Waals surface area contributed by atoms with Gasteiger partial charge in [-0.25, -0.2) is 9.69 Å². The molecule has 0 aliphatic carbocycles. The molecule has 0 atom stereocenters. The van der Waals surface area contributed by atoms with Gasteiger partial charge in [0.2, 0.25) is 0 Å². The van der Waals surface area contributed by atoms with E-state index in [4.69, 9.17) is 4.52 Å². The molecule has 10 nitrogen and oxygen atoms in total. The summed E-state index contributed by atoms with van der Waals surface area (Å²) in [6, 6.07) is 3.58. The molecule has 0 saturated carbocycles. The normalized spacial score (nSPS) is 15.9. The summed E-state index contributed by atoms with van der Waals surface area (Å²) in [7, 11) is 0. The van der Waals surface area contributed by atoms with Crippen LogP contribution in [0.2, 0.25) is 0 Å². The zero-order valence-corrected chi connectivity index (χ0v) is 17.7. The number of hydrogen-bond acceptors (Lipinski definition) is 7. The molecule has 0 bridgehead atoms. The van der Waals surface area contributed by atoms with Crippen LogP contribution in [0.3, 0.4) is 0 Å². The average Bonchev–Trinajstić information content (AvgIpc) is 3.31. The first kappa shape index (κ1) is 20.5. The summed E-state index contributed by atoms with van der Waals surface area (Å²) in [5, 5.41) is 27.7. The molecule has 4 rings (SSSR count). The molecule has 2 N–H and O–H groups in total. The summed E-state index contributed by atoms with van der Waals surface area (Å²) < 4.78 is 6.79. The number of aromatic nitrogens is 3. The molecule has 1 saturated heterocycles. The van der Waals surface area contributed by atoms with Gasteiger partial charge in [0.05, 0.1) is 24.1 Å². The molecule has 1 aliphatic rings. The van der Waals surface area contributed by atoms with E-state index in [2.05, 4.69) is 10.3 Å².